The van der Waals surface area contributed by atoms with Crippen molar-refractivity contribution < 1.29 is 9.59 Å². The highest BCUT2D eigenvalue weighted by atomic mass is 127. The van der Waals surface area contributed by atoms with Gasteiger partial charge in [0.05, 0.1) is 11.1 Å². The second-order valence-corrected chi connectivity index (χ2v) is 6.78. The predicted octanol–water partition coefficient (Wildman–Crippen LogP) is 3.11. The molecule has 8 heteroatoms. The van der Waals surface area contributed by atoms with E-state index in [9.17, 15) is 9.59 Å². The van der Waals surface area contributed by atoms with Gasteiger partial charge in [0, 0.05) is 26.7 Å². The van der Waals surface area contributed by atoms with Crippen LogP contribution in [0.25, 0.3) is 0 Å². The van der Waals surface area contributed by atoms with Gasteiger partial charge in [-0.3, -0.25) is 19.5 Å². The van der Waals surface area contributed by atoms with Gasteiger partial charge in [-0.1, -0.05) is 12.1 Å². The van der Waals surface area contributed by atoms with Crippen LogP contribution in [0.5, 0.6) is 0 Å². The summed E-state index contributed by atoms with van der Waals surface area (Å²) in [6, 6.07) is 9.06. The number of rotatable bonds is 7. The van der Waals surface area contributed by atoms with Gasteiger partial charge in [-0.15, -0.1) is 24.0 Å². The Morgan fingerprint density at radius 1 is 1.07 bits per heavy atom. The van der Waals surface area contributed by atoms with Crippen LogP contribution in [0.15, 0.2) is 46.1 Å². The Morgan fingerprint density at radius 3 is 2.37 bits per heavy atom. The molecule has 27 heavy (non-hydrogen) atoms. The Hall–Kier alpha value is -1.94. The summed E-state index contributed by atoms with van der Waals surface area (Å²) in [5.74, 6) is 0.371. The first-order valence-corrected chi connectivity index (χ1v) is 9.56. The molecule has 1 aliphatic heterocycles. The van der Waals surface area contributed by atoms with Gasteiger partial charge < -0.3 is 10.6 Å². The van der Waals surface area contributed by atoms with E-state index in [0.29, 0.717) is 17.7 Å². The smallest absolute Gasteiger partial charge is 0.261 e. The molecule has 0 unspecified atom stereocenters. The molecular formula is C19H23IN4O2S. The number of carbonyl (C=O) groups excluding carboxylic acids is 2. The highest BCUT2D eigenvalue weighted by Gasteiger charge is 2.34. The van der Waals surface area contributed by atoms with Crippen LogP contribution in [0.3, 0.4) is 0 Å². The summed E-state index contributed by atoms with van der Waals surface area (Å²) in [4.78, 5) is 30.1. The van der Waals surface area contributed by atoms with Crippen molar-refractivity contribution in [2.24, 2.45) is 4.99 Å². The number of guanidine groups is 1. The van der Waals surface area contributed by atoms with E-state index in [0.717, 1.165) is 31.9 Å². The van der Waals surface area contributed by atoms with Crippen LogP contribution in [0, 0.1) is 0 Å². The maximum absolute atomic E-state index is 12.3. The van der Waals surface area contributed by atoms with Crippen LogP contribution < -0.4 is 10.6 Å². The Balaban J connectivity index is 0.00000261. The van der Waals surface area contributed by atoms with Crippen LogP contribution in [0.2, 0.25) is 0 Å². The molecule has 0 saturated carbocycles. The van der Waals surface area contributed by atoms with Crippen molar-refractivity contribution in [2.75, 3.05) is 20.1 Å². The third kappa shape index (κ3) is 5.29. The minimum Gasteiger partial charge on any atom is -0.356 e. The number of carbonyl (C=O) groups is 2. The van der Waals surface area contributed by atoms with Gasteiger partial charge in [-0.2, -0.15) is 11.3 Å². The highest BCUT2D eigenvalue weighted by Crippen LogP contribution is 2.22. The maximum atomic E-state index is 12.3. The zero-order valence-corrected chi connectivity index (χ0v) is 18.3. The molecule has 2 heterocycles. The van der Waals surface area contributed by atoms with Crippen molar-refractivity contribution in [3.05, 3.63) is 57.8 Å². The monoisotopic (exact) mass is 498 g/mol. The van der Waals surface area contributed by atoms with Crippen LogP contribution in [0.4, 0.5) is 0 Å². The number of aliphatic imine (C=N–C) groups is 1. The first-order chi connectivity index (χ1) is 12.7. The summed E-state index contributed by atoms with van der Waals surface area (Å²) in [7, 11) is 1.74. The number of imide groups is 1. The second kappa shape index (κ2) is 10.4. The normalized spacial score (nSPS) is 13.4. The van der Waals surface area contributed by atoms with E-state index < -0.39 is 0 Å². The number of halogens is 1. The molecule has 2 amide bonds. The van der Waals surface area contributed by atoms with Crippen molar-refractivity contribution in [3.63, 3.8) is 0 Å². The molecule has 0 spiro atoms. The molecule has 2 N–H and O–H groups in total. The molecule has 0 saturated heterocycles. The molecule has 1 aromatic carbocycles. The maximum Gasteiger partial charge on any atom is 0.261 e. The quantitative estimate of drug-likeness (QED) is 0.202. The summed E-state index contributed by atoms with van der Waals surface area (Å²) in [6.45, 7) is 1.90. The Morgan fingerprint density at radius 2 is 1.78 bits per heavy atom. The number of nitrogens with zero attached hydrogens (tertiary/aromatic N) is 2. The molecule has 0 bridgehead atoms. The first kappa shape index (κ1) is 21.4. The SMILES string of the molecule is CN=C(NCCCCN1C(=O)c2ccccc2C1=O)NCc1ccsc1.I. The standard InChI is InChI=1S/C19H22N4O2S.HI/c1-20-19(22-12-14-8-11-26-13-14)21-9-4-5-10-23-17(24)15-6-2-3-7-16(15)18(23)25;/h2-3,6-8,11,13H,4-5,9-10,12H2,1H3,(H2,20,21,22);1H. The lowest BCUT2D eigenvalue weighted by Gasteiger charge is -2.14. The van der Waals surface area contributed by atoms with Gasteiger partial charge >= 0.3 is 0 Å². The van der Waals surface area contributed by atoms with E-state index in [2.05, 4.69) is 27.1 Å². The molecule has 144 valence electrons. The van der Waals surface area contributed by atoms with E-state index in [1.807, 2.05) is 5.38 Å². The van der Waals surface area contributed by atoms with E-state index in [1.54, 1.807) is 42.6 Å². The lowest BCUT2D eigenvalue weighted by molar-refractivity contribution is 0.0652. The third-order valence-corrected chi connectivity index (χ3v) is 4.97. The van der Waals surface area contributed by atoms with E-state index in [4.69, 9.17) is 0 Å². The van der Waals surface area contributed by atoms with Crippen LogP contribution >= 0.6 is 35.3 Å². The number of fused-ring (bicyclic) bond motifs is 1. The average Bonchev–Trinajstić information content (AvgIpc) is 3.26. The molecule has 1 aromatic heterocycles. The third-order valence-electron chi connectivity index (χ3n) is 4.24. The summed E-state index contributed by atoms with van der Waals surface area (Å²) in [5.41, 5.74) is 2.24. The van der Waals surface area contributed by atoms with Gasteiger partial charge in [-0.05, 0) is 47.4 Å². The van der Waals surface area contributed by atoms with Crippen LogP contribution in [0.1, 0.15) is 39.1 Å². The fraction of sp³-hybridized carbons (Fsp3) is 0.316. The van der Waals surface area contributed by atoms with Gasteiger partial charge in [0.25, 0.3) is 11.8 Å². The van der Waals surface area contributed by atoms with Gasteiger partial charge in [0.2, 0.25) is 0 Å². The number of hydrogen-bond donors (Lipinski definition) is 2. The van der Waals surface area contributed by atoms with E-state index >= 15 is 0 Å². The molecule has 3 rings (SSSR count). The summed E-state index contributed by atoms with van der Waals surface area (Å²) < 4.78 is 0. The lowest BCUT2D eigenvalue weighted by atomic mass is 10.1. The van der Waals surface area contributed by atoms with Crippen molar-refractivity contribution in [3.8, 4) is 0 Å². The van der Waals surface area contributed by atoms with Crippen molar-refractivity contribution in [1.82, 2.24) is 15.5 Å². The number of unbranched alkanes of at least 4 members (excludes halogenated alkanes) is 1. The van der Waals surface area contributed by atoms with Crippen molar-refractivity contribution in [1.29, 1.82) is 0 Å². The predicted molar refractivity (Wildman–Crippen MR) is 119 cm³/mol. The molecule has 0 atom stereocenters. The zero-order valence-electron chi connectivity index (χ0n) is 15.1. The van der Waals surface area contributed by atoms with Gasteiger partial charge in [-0.25, -0.2) is 0 Å². The van der Waals surface area contributed by atoms with E-state index in [1.165, 1.54) is 10.5 Å². The summed E-state index contributed by atoms with van der Waals surface area (Å²) in [6.07, 6.45) is 1.59. The number of benzene rings is 1. The summed E-state index contributed by atoms with van der Waals surface area (Å²) in [5, 5.41) is 10.7. The lowest BCUT2D eigenvalue weighted by Crippen LogP contribution is -2.37. The van der Waals surface area contributed by atoms with E-state index in [-0.39, 0.29) is 35.8 Å². The zero-order chi connectivity index (χ0) is 18.4. The van der Waals surface area contributed by atoms with Crippen LogP contribution in [-0.4, -0.2) is 42.8 Å². The van der Waals surface area contributed by atoms with Crippen molar-refractivity contribution >= 4 is 53.1 Å². The molecule has 6 nitrogen and oxygen atoms in total. The van der Waals surface area contributed by atoms with Gasteiger partial charge in [0.1, 0.15) is 0 Å². The average molecular weight is 498 g/mol. The summed E-state index contributed by atoms with van der Waals surface area (Å²) >= 11 is 1.67. The fourth-order valence-corrected chi connectivity index (χ4v) is 3.51. The Kier molecular flexibility index (Phi) is 8.23. The molecule has 0 aliphatic carbocycles. The molecular weight excluding hydrogens is 475 g/mol. The topological polar surface area (TPSA) is 73.8 Å². The van der Waals surface area contributed by atoms with Crippen molar-refractivity contribution in [2.45, 2.75) is 19.4 Å². The first-order valence-electron chi connectivity index (χ1n) is 8.61. The van der Waals surface area contributed by atoms with Crippen LogP contribution in [-0.2, 0) is 6.54 Å². The Labute approximate surface area is 180 Å². The molecule has 0 radical (unpaired) electrons. The minimum atomic E-state index is -0.188. The molecule has 1 aliphatic rings. The Bertz CT molecular complexity index is 773. The number of hydrogen-bond acceptors (Lipinski definition) is 4. The minimum absolute atomic E-state index is 0. The van der Waals surface area contributed by atoms with Gasteiger partial charge in [0.15, 0.2) is 5.96 Å². The number of amides is 2. The second-order valence-electron chi connectivity index (χ2n) is 6.00. The fourth-order valence-electron chi connectivity index (χ4n) is 2.84. The molecule has 0 fully saturated rings. The number of thiophene rings is 1. The highest BCUT2D eigenvalue weighted by molar-refractivity contribution is 14.0. The molecule has 2 aromatic rings. The number of nitrogens with one attached hydrogen (secondary N) is 2. The largest absolute Gasteiger partial charge is 0.356 e.